The van der Waals surface area contributed by atoms with E-state index in [4.69, 9.17) is 0 Å². The van der Waals surface area contributed by atoms with Gasteiger partial charge in [0.05, 0.1) is 0 Å². The first-order valence-corrected chi connectivity index (χ1v) is 5.76. The van der Waals surface area contributed by atoms with Crippen molar-refractivity contribution < 1.29 is 14.5 Å². The molecule has 0 radical (unpaired) electrons. The third-order valence-electron chi connectivity index (χ3n) is 3.05. The predicted molar refractivity (Wildman–Crippen MR) is 66.7 cm³/mol. The number of benzene rings is 2. The number of pyridine rings is 1. The van der Waals surface area contributed by atoms with Crippen molar-refractivity contribution in [2.24, 2.45) is 0 Å². The zero-order valence-corrected chi connectivity index (χ0v) is 9.67. The fourth-order valence-corrected chi connectivity index (χ4v) is 2.31. The Labute approximate surface area is 104 Å². The molecule has 0 fully saturated rings. The van der Waals surface area contributed by atoms with E-state index in [9.17, 15) is 9.90 Å². The molecule has 0 bridgehead atoms. The predicted octanol–water partition coefficient (Wildman–Crippen LogP) is 1.03. The molecule has 0 N–H and O–H groups in total. The Hall–Kier alpha value is -2.42. The van der Waals surface area contributed by atoms with E-state index >= 15 is 0 Å². The number of aromatic nitrogens is 1. The molecular formula is C15H11NO2. The van der Waals surface area contributed by atoms with Gasteiger partial charge in [-0.1, -0.05) is 24.3 Å². The summed E-state index contributed by atoms with van der Waals surface area (Å²) in [6.07, 6.45) is 0. The molecule has 18 heavy (non-hydrogen) atoms. The monoisotopic (exact) mass is 237 g/mol. The van der Waals surface area contributed by atoms with Crippen LogP contribution in [0.3, 0.4) is 0 Å². The highest BCUT2D eigenvalue weighted by Gasteiger charge is 2.14. The number of rotatable bonds is 2. The average Bonchev–Trinajstić information content (AvgIpc) is 2.38. The SMILES string of the molecule is O=C([O-])C[n+]1c2ccccc2cc2ccccc21. The van der Waals surface area contributed by atoms with Gasteiger partial charge in [-0.2, -0.15) is 4.57 Å². The molecule has 1 heterocycles. The standard InChI is InChI=1S/C15H11NO2/c17-15(18)10-16-13-7-3-1-5-11(13)9-12-6-2-4-8-14(12)16/h1-9H,10H2. The number of nitrogens with zero attached hydrogens (tertiary/aromatic N) is 1. The van der Waals surface area contributed by atoms with Crippen LogP contribution in [0.2, 0.25) is 0 Å². The lowest BCUT2D eigenvalue weighted by Crippen LogP contribution is -2.44. The number of carboxylic acid groups (broad SMARTS) is 1. The summed E-state index contributed by atoms with van der Waals surface area (Å²) in [5, 5.41) is 13.0. The Morgan fingerprint density at radius 1 is 0.944 bits per heavy atom. The largest absolute Gasteiger partial charge is 0.544 e. The Balaban J connectivity index is 2.45. The van der Waals surface area contributed by atoms with Crippen molar-refractivity contribution in [2.75, 3.05) is 0 Å². The second-order valence-electron chi connectivity index (χ2n) is 4.22. The summed E-state index contributed by atoms with van der Waals surface area (Å²) in [7, 11) is 0. The Morgan fingerprint density at radius 3 is 1.94 bits per heavy atom. The van der Waals surface area contributed by atoms with E-state index in [-0.39, 0.29) is 6.54 Å². The van der Waals surface area contributed by atoms with Crippen LogP contribution in [-0.2, 0) is 11.3 Å². The number of fused-ring (bicyclic) bond motifs is 2. The summed E-state index contributed by atoms with van der Waals surface area (Å²) in [6, 6.07) is 17.6. The number of para-hydroxylation sites is 2. The van der Waals surface area contributed by atoms with Gasteiger partial charge in [0.1, 0.15) is 5.97 Å². The molecule has 0 aliphatic heterocycles. The van der Waals surface area contributed by atoms with E-state index in [0.29, 0.717) is 0 Å². The van der Waals surface area contributed by atoms with Gasteiger partial charge in [-0.05, 0) is 18.2 Å². The zero-order chi connectivity index (χ0) is 12.5. The summed E-state index contributed by atoms with van der Waals surface area (Å²) < 4.78 is 1.78. The van der Waals surface area contributed by atoms with Crippen molar-refractivity contribution >= 4 is 27.8 Å². The van der Waals surface area contributed by atoms with Crippen molar-refractivity contribution in [2.45, 2.75) is 6.54 Å². The number of aliphatic carboxylic acids is 1. The van der Waals surface area contributed by atoms with Gasteiger partial charge < -0.3 is 9.90 Å². The van der Waals surface area contributed by atoms with E-state index < -0.39 is 5.97 Å². The van der Waals surface area contributed by atoms with Crippen LogP contribution >= 0.6 is 0 Å². The van der Waals surface area contributed by atoms with Crippen molar-refractivity contribution in [3.8, 4) is 0 Å². The fourth-order valence-electron chi connectivity index (χ4n) is 2.31. The number of carbonyl (C=O) groups is 1. The molecule has 3 heteroatoms. The number of hydrogen-bond donors (Lipinski definition) is 0. The Bertz CT molecular complexity index is 696. The van der Waals surface area contributed by atoms with Gasteiger partial charge >= 0.3 is 0 Å². The Morgan fingerprint density at radius 2 is 1.44 bits per heavy atom. The van der Waals surface area contributed by atoms with E-state index in [0.717, 1.165) is 21.8 Å². The first-order valence-electron chi connectivity index (χ1n) is 5.76. The van der Waals surface area contributed by atoms with Crippen LogP contribution in [0.4, 0.5) is 0 Å². The van der Waals surface area contributed by atoms with Crippen molar-refractivity contribution in [3.63, 3.8) is 0 Å². The maximum Gasteiger partial charge on any atom is 0.213 e. The van der Waals surface area contributed by atoms with Crippen LogP contribution in [0.25, 0.3) is 21.8 Å². The van der Waals surface area contributed by atoms with E-state index in [1.54, 1.807) is 4.57 Å². The molecule has 0 atom stereocenters. The van der Waals surface area contributed by atoms with Crippen LogP contribution in [0.5, 0.6) is 0 Å². The quantitative estimate of drug-likeness (QED) is 0.493. The summed E-state index contributed by atoms with van der Waals surface area (Å²) in [4.78, 5) is 10.9. The molecule has 1 aromatic heterocycles. The minimum atomic E-state index is -1.08. The smallest absolute Gasteiger partial charge is 0.213 e. The lowest BCUT2D eigenvalue weighted by Gasteiger charge is -2.06. The van der Waals surface area contributed by atoms with Crippen molar-refractivity contribution in [3.05, 3.63) is 54.6 Å². The second kappa shape index (κ2) is 4.11. The highest BCUT2D eigenvalue weighted by molar-refractivity contribution is 5.88. The molecular weight excluding hydrogens is 226 g/mol. The molecule has 3 aromatic rings. The number of hydrogen-bond acceptors (Lipinski definition) is 2. The van der Waals surface area contributed by atoms with Gasteiger partial charge in [0.15, 0.2) is 6.54 Å². The van der Waals surface area contributed by atoms with Gasteiger partial charge in [-0.15, -0.1) is 0 Å². The average molecular weight is 237 g/mol. The first kappa shape index (κ1) is 10.7. The topological polar surface area (TPSA) is 44.0 Å². The molecule has 0 saturated heterocycles. The first-order chi connectivity index (χ1) is 8.75. The van der Waals surface area contributed by atoms with Crippen LogP contribution in [0, 0.1) is 0 Å². The molecule has 0 aliphatic rings. The molecule has 3 rings (SSSR count). The van der Waals surface area contributed by atoms with Gasteiger partial charge in [-0.3, -0.25) is 0 Å². The van der Waals surface area contributed by atoms with Crippen molar-refractivity contribution in [1.29, 1.82) is 0 Å². The maximum absolute atomic E-state index is 10.9. The van der Waals surface area contributed by atoms with Crippen LogP contribution in [-0.4, -0.2) is 5.97 Å². The van der Waals surface area contributed by atoms with E-state index in [2.05, 4.69) is 6.07 Å². The lowest BCUT2D eigenvalue weighted by molar-refractivity contribution is -0.640. The molecule has 0 aliphatic carbocycles. The van der Waals surface area contributed by atoms with E-state index in [1.807, 2.05) is 48.5 Å². The molecule has 3 nitrogen and oxygen atoms in total. The molecule has 2 aromatic carbocycles. The molecule has 0 spiro atoms. The molecule has 0 unspecified atom stereocenters. The summed E-state index contributed by atoms with van der Waals surface area (Å²) >= 11 is 0. The number of carboxylic acids is 1. The maximum atomic E-state index is 10.9. The molecule has 88 valence electrons. The summed E-state index contributed by atoms with van der Waals surface area (Å²) in [5.74, 6) is -1.08. The van der Waals surface area contributed by atoms with Gasteiger partial charge in [-0.25, -0.2) is 0 Å². The Kier molecular flexibility index (Phi) is 2.45. The van der Waals surface area contributed by atoms with Crippen LogP contribution in [0.1, 0.15) is 0 Å². The van der Waals surface area contributed by atoms with Gasteiger partial charge in [0.2, 0.25) is 11.0 Å². The van der Waals surface area contributed by atoms with Crippen LogP contribution < -0.4 is 9.67 Å². The van der Waals surface area contributed by atoms with Crippen LogP contribution in [0.15, 0.2) is 54.6 Å². The normalized spacial score (nSPS) is 10.9. The zero-order valence-electron chi connectivity index (χ0n) is 9.67. The molecule has 0 saturated carbocycles. The van der Waals surface area contributed by atoms with Crippen molar-refractivity contribution in [1.82, 2.24) is 0 Å². The fraction of sp³-hybridized carbons (Fsp3) is 0.0667. The van der Waals surface area contributed by atoms with E-state index in [1.165, 1.54) is 0 Å². The summed E-state index contributed by atoms with van der Waals surface area (Å²) in [5.41, 5.74) is 1.81. The second-order valence-corrected chi connectivity index (χ2v) is 4.22. The number of carbonyl (C=O) groups excluding carboxylic acids is 1. The lowest BCUT2D eigenvalue weighted by atomic mass is 10.1. The van der Waals surface area contributed by atoms with Gasteiger partial charge in [0.25, 0.3) is 0 Å². The highest BCUT2D eigenvalue weighted by atomic mass is 16.4. The minimum absolute atomic E-state index is 0.137. The highest BCUT2D eigenvalue weighted by Crippen LogP contribution is 2.17. The third-order valence-corrected chi connectivity index (χ3v) is 3.05. The minimum Gasteiger partial charge on any atom is -0.544 e. The summed E-state index contributed by atoms with van der Waals surface area (Å²) in [6.45, 7) is -0.137. The third kappa shape index (κ3) is 1.70. The van der Waals surface area contributed by atoms with Gasteiger partial charge in [0, 0.05) is 22.9 Å². The molecule has 0 amide bonds.